The normalized spacial score (nSPS) is 12.1. The van der Waals surface area contributed by atoms with E-state index in [0.717, 1.165) is 12.8 Å². The van der Waals surface area contributed by atoms with E-state index in [-0.39, 0.29) is 5.97 Å². The van der Waals surface area contributed by atoms with Crippen LogP contribution in [-0.4, -0.2) is 18.4 Å². The molecule has 0 heterocycles. The van der Waals surface area contributed by atoms with Crippen LogP contribution in [0.15, 0.2) is 0 Å². The fourth-order valence-electron chi connectivity index (χ4n) is 1.52. The highest BCUT2D eigenvalue weighted by atomic mass is 16.5. The lowest BCUT2D eigenvalue weighted by Crippen LogP contribution is -2.15. The van der Waals surface area contributed by atoms with Crippen molar-refractivity contribution in [2.75, 3.05) is 0 Å². The molecule has 16 heavy (non-hydrogen) atoms. The quantitative estimate of drug-likeness (QED) is 0.327. The van der Waals surface area contributed by atoms with E-state index in [1.807, 2.05) is 0 Å². The van der Waals surface area contributed by atoms with Crippen LogP contribution in [0.3, 0.4) is 0 Å². The van der Waals surface area contributed by atoms with Gasteiger partial charge in [0.05, 0.1) is 0 Å². The lowest BCUT2D eigenvalue weighted by Gasteiger charge is -2.06. The first-order valence-corrected chi connectivity index (χ1v) is 6.35. The smallest absolute Gasteiger partial charge is 0.306 e. The van der Waals surface area contributed by atoms with Crippen LogP contribution in [0.2, 0.25) is 0 Å². The third kappa shape index (κ3) is 9.69. The van der Waals surface area contributed by atoms with E-state index in [4.69, 9.17) is 4.74 Å². The summed E-state index contributed by atoms with van der Waals surface area (Å²) in [5.41, 5.74) is 0. The van der Waals surface area contributed by atoms with E-state index in [2.05, 4.69) is 6.92 Å². The Hall–Kier alpha value is -0.860. The van der Waals surface area contributed by atoms with Gasteiger partial charge in [0.2, 0.25) is 0 Å². The fourth-order valence-corrected chi connectivity index (χ4v) is 1.52. The van der Waals surface area contributed by atoms with Crippen molar-refractivity contribution in [2.45, 2.75) is 71.3 Å². The Morgan fingerprint density at radius 2 is 1.69 bits per heavy atom. The molecule has 0 N–H and O–H groups in total. The van der Waals surface area contributed by atoms with Gasteiger partial charge < -0.3 is 4.74 Å². The average molecular weight is 228 g/mol. The summed E-state index contributed by atoms with van der Waals surface area (Å²) in [4.78, 5) is 21.4. The number of hydrogen-bond donors (Lipinski definition) is 0. The van der Waals surface area contributed by atoms with E-state index in [1.165, 1.54) is 32.1 Å². The average Bonchev–Trinajstić information content (AvgIpc) is 2.27. The van der Waals surface area contributed by atoms with Crippen molar-refractivity contribution in [3.8, 4) is 0 Å². The van der Waals surface area contributed by atoms with Gasteiger partial charge in [0.15, 0.2) is 12.4 Å². The lowest BCUT2D eigenvalue weighted by molar-refractivity contribution is -0.150. The minimum atomic E-state index is -0.600. The van der Waals surface area contributed by atoms with Crippen molar-refractivity contribution in [3.05, 3.63) is 0 Å². The van der Waals surface area contributed by atoms with Gasteiger partial charge in [-0.1, -0.05) is 45.4 Å². The molecular weight excluding hydrogens is 204 g/mol. The van der Waals surface area contributed by atoms with Crippen LogP contribution in [0.4, 0.5) is 0 Å². The Morgan fingerprint density at radius 3 is 2.25 bits per heavy atom. The molecule has 0 saturated heterocycles. The number of carbonyl (C=O) groups is 2. The van der Waals surface area contributed by atoms with Crippen LogP contribution in [0.25, 0.3) is 0 Å². The van der Waals surface area contributed by atoms with E-state index < -0.39 is 6.10 Å². The Labute approximate surface area is 98.6 Å². The van der Waals surface area contributed by atoms with E-state index in [1.54, 1.807) is 6.92 Å². The fraction of sp³-hybridized carbons (Fsp3) is 0.846. The molecule has 0 unspecified atom stereocenters. The van der Waals surface area contributed by atoms with Crippen molar-refractivity contribution in [3.63, 3.8) is 0 Å². The molecule has 0 aromatic rings. The molecule has 1 atom stereocenters. The Bertz CT molecular complexity index is 190. The molecule has 0 rings (SSSR count). The lowest BCUT2D eigenvalue weighted by atomic mass is 10.1. The van der Waals surface area contributed by atoms with Crippen LogP contribution in [0.1, 0.15) is 65.2 Å². The summed E-state index contributed by atoms with van der Waals surface area (Å²) in [6.07, 6.45) is 8.73. The summed E-state index contributed by atoms with van der Waals surface area (Å²) >= 11 is 0. The molecular formula is C13H24O3. The molecule has 0 amide bonds. The second kappa shape index (κ2) is 10.7. The zero-order chi connectivity index (χ0) is 12.2. The largest absolute Gasteiger partial charge is 0.455 e. The highest BCUT2D eigenvalue weighted by Crippen LogP contribution is 2.09. The molecule has 0 aromatic carbocycles. The second-order valence-corrected chi connectivity index (χ2v) is 4.20. The number of rotatable bonds is 10. The summed E-state index contributed by atoms with van der Waals surface area (Å²) in [5.74, 6) is -0.256. The zero-order valence-corrected chi connectivity index (χ0v) is 10.5. The summed E-state index contributed by atoms with van der Waals surface area (Å²) in [6.45, 7) is 3.78. The van der Waals surface area contributed by atoms with Gasteiger partial charge in [0.1, 0.15) is 0 Å². The predicted molar refractivity (Wildman–Crippen MR) is 64.2 cm³/mol. The standard InChI is InChI=1S/C13H24O3/c1-3-4-5-6-7-8-9-10-13(15)16-12(2)11-14/h11-12H,3-10H2,1-2H3/t12-/m1/s1. The van der Waals surface area contributed by atoms with Crippen LogP contribution in [-0.2, 0) is 14.3 Å². The van der Waals surface area contributed by atoms with Gasteiger partial charge >= 0.3 is 5.97 Å². The van der Waals surface area contributed by atoms with Crippen molar-refractivity contribution in [1.82, 2.24) is 0 Å². The van der Waals surface area contributed by atoms with Gasteiger partial charge in [0.25, 0.3) is 0 Å². The Morgan fingerprint density at radius 1 is 1.12 bits per heavy atom. The van der Waals surface area contributed by atoms with Crippen LogP contribution in [0.5, 0.6) is 0 Å². The third-order valence-corrected chi connectivity index (χ3v) is 2.49. The monoisotopic (exact) mass is 228 g/mol. The molecule has 94 valence electrons. The summed E-state index contributed by atoms with van der Waals surface area (Å²) in [6, 6.07) is 0. The molecule has 0 radical (unpaired) electrons. The van der Waals surface area contributed by atoms with Crippen molar-refractivity contribution in [2.24, 2.45) is 0 Å². The zero-order valence-electron chi connectivity index (χ0n) is 10.5. The van der Waals surface area contributed by atoms with Crippen LogP contribution in [0, 0.1) is 0 Å². The van der Waals surface area contributed by atoms with E-state index in [9.17, 15) is 9.59 Å². The molecule has 0 aromatic heterocycles. The van der Waals surface area contributed by atoms with Crippen molar-refractivity contribution < 1.29 is 14.3 Å². The topological polar surface area (TPSA) is 43.4 Å². The maximum Gasteiger partial charge on any atom is 0.306 e. The third-order valence-electron chi connectivity index (χ3n) is 2.49. The highest BCUT2D eigenvalue weighted by Gasteiger charge is 2.07. The predicted octanol–water partition coefficient (Wildman–Crippen LogP) is 3.26. The maximum absolute atomic E-state index is 11.2. The minimum Gasteiger partial charge on any atom is -0.455 e. The number of carbonyl (C=O) groups excluding carboxylic acids is 2. The molecule has 0 fully saturated rings. The van der Waals surface area contributed by atoms with E-state index >= 15 is 0 Å². The van der Waals surface area contributed by atoms with Crippen molar-refractivity contribution in [1.29, 1.82) is 0 Å². The first-order chi connectivity index (χ1) is 7.70. The number of esters is 1. The first kappa shape index (κ1) is 15.1. The highest BCUT2D eigenvalue weighted by molar-refractivity contribution is 5.72. The van der Waals surface area contributed by atoms with Crippen LogP contribution < -0.4 is 0 Å². The maximum atomic E-state index is 11.2. The summed E-state index contributed by atoms with van der Waals surface area (Å²) in [7, 11) is 0. The Kier molecular flexibility index (Phi) is 10.1. The molecule has 0 aliphatic rings. The van der Waals surface area contributed by atoms with Gasteiger partial charge in [0, 0.05) is 6.42 Å². The van der Waals surface area contributed by atoms with Gasteiger partial charge in [-0.25, -0.2) is 0 Å². The number of aldehydes is 1. The molecule has 0 spiro atoms. The summed E-state index contributed by atoms with van der Waals surface area (Å²) < 4.78 is 4.84. The Balaban J connectivity index is 3.24. The molecule has 3 heteroatoms. The summed E-state index contributed by atoms with van der Waals surface area (Å²) in [5, 5.41) is 0. The van der Waals surface area contributed by atoms with Gasteiger partial charge in [-0.05, 0) is 13.3 Å². The molecule has 0 aliphatic heterocycles. The number of unbranched alkanes of at least 4 members (excludes halogenated alkanes) is 6. The van der Waals surface area contributed by atoms with Gasteiger partial charge in [-0.3, -0.25) is 9.59 Å². The molecule has 0 bridgehead atoms. The minimum absolute atomic E-state index is 0.256. The number of hydrogen-bond acceptors (Lipinski definition) is 3. The number of ether oxygens (including phenoxy) is 1. The SMILES string of the molecule is CCCCCCCCCC(=O)O[C@H](C)C=O. The molecule has 0 aliphatic carbocycles. The molecule has 0 saturated carbocycles. The first-order valence-electron chi connectivity index (χ1n) is 6.35. The van der Waals surface area contributed by atoms with Crippen LogP contribution >= 0.6 is 0 Å². The molecule has 3 nitrogen and oxygen atoms in total. The van der Waals surface area contributed by atoms with Crippen molar-refractivity contribution >= 4 is 12.3 Å². The second-order valence-electron chi connectivity index (χ2n) is 4.20. The van der Waals surface area contributed by atoms with E-state index in [0.29, 0.717) is 12.7 Å². The van der Waals surface area contributed by atoms with Gasteiger partial charge in [-0.15, -0.1) is 0 Å². The van der Waals surface area contributed by atoms with Gasteiger partial charge in [-0.2, -0.15) is 0 Å².